The fourth-order valence-corrected chi connectivity index (χ4v) is 5.36. The molecule has 1 aromatic heterocycles. The maximum absolute atomic E-state index is 6.57. The Morgan fingerprint density at radius 3 is 2.35 bits per heavy atom. The molecule has 2 heteroatoms. The van der Waals surface area contributed by atoms with Crippen molar-refractivity contribution in [3.63, 3.8) is 0 Å². The van der Waals surface area contributed by atoms with Crippen LogP contribution in [0.25, 0.3) is 12.2 Å². The molecule has 1 aliphatic heterocycles. The van der Waals surface area contributed by atoms with Crippen molar-refractivity contribution in [1.82, 2.24) is 4.57 Å². The number of ether oxygens (including phenoxy) is 1. The topological polar surface area (TPSA) is 14.2 Å². The molecule has 0 amide bonds. The normalized spacial score (nSPS) is 32.8. The van der Waals surface area contributed by atoms with Crippen LogP contribution in [-0.2, 0) is 17.6 Å². The summed E-state index contributed by atoms with van der Waals surface area (Å²) in [5, 5.41) is 0. The Morgan fingerprint density at radius 2 is 1.58 bits per heavy atom. The smallest absolute Gasteiger partial charge is 0.105 e. The second-order valence-electron chi connectivity index (χ2n) is 7.83. The lowest BCUT2D eigenvalue weighted by atomic mass is 9.85. The zero-order chi connectivity index (χ0) is 17.1. The predicted octanol–water partition coefficient (Wildman–Crippen LogP) is 4.95. The third kappa shape index (κ3) is 1.97. The monoisotopic (exact) mass is 341 g/mol. The Labute approximate surface area is 154 Å². The van der Waals surface area contributed by atoms with E-state index in [0.717, 1.165) is 25.7 Å². The average molecular weight is 341 g/mol. The molecule has 6 rings (SSSR count). The van der Waals surface area contributed by atoms with Crippen molar-refractivity contribution in [3.05, 3.63) is 82.8 Å². The van der Waals surface area contributed by atoms with Gasteiger partial charge in [-0.15, -0.1) is 0 Å². The number of hydrogen-bond acceptors (Lipinski definition) is 1. The van der Waals surface area contributed by atoms with E-state index in [9.17, 15) is 0 Å². The summed E-state index contributed by atoms with van der Waals surface area (Å²) in [5.74, 6) is 0.402. The summed E-state index contributed by atoms with van der Waals surface area (Å²) in [4.78, 5) is 0. The van der Waals surface area contributed by atoms with Crippen LogP contribution in [0.3, 0.4) is 0 Å². The fourth-order valence-electron chi connectivity index (χ4n) is 5.36. The third-order valence-corrected chi connectivity index (χ3v) is 6.46. The summed E-state index contributed by atoms with van der Waals surface area (Å²) in [6.45, 7) is 0. The molecule has 2 heterocycles. The minimum Gasteiger partial charge on any atom is -0.363 e. The zero-order valence-corrected chi connectivity index (χ0v) is 14.8. The number of hydrogen-bond donors (Lipinski definition) is 0. The molecule has 1 saturated heterocycles. The first-order valence-electron chi connectivity index (χ1n) is 9.89. The van der Waals surface area contributed by atoms with Crippen LogP contribution in [0.1, 0.15) is 41.4 Å². The first-order chi connectivity index (χ1) is 12.9. The van der Waals surface area contributed by atoms with Gasteiger partial charge in [0.05, 0.1) is 12.1 Å². The minimum atomic E-state index is 0.153. The minimum absolute atomic E-state index is 0.153. The molecule has 1 fully saturated rings. The van der Waals surface area contributed by atoms with Crippen LogP contribution >= 0.6 is 0 Å². The molecule has 2 nitrogen and oxygen atoms in total. The second kappa shape index (κ2) is 5.59. The zero-order valence-electron chi connectivity index (χ0n) is 14.8. The van der Waals surface area contributed by atoms with Crippen molar-refractivity contribution in [2.24, 2.45) is 5.92 Å². The third-order valence-electron chi connectivity index (χ3n) is 6.46. The molecular weight excluding hydrogens is 318 g/mol. The molecule has 130 valence electrons. The highest BCUT2D eigenvalue weighted by Gasteiger charge is 2.43. The highest BCUT2D eigenvalue weighted by atomic mass is 16.5. The van der Waals surface area contributed by atoms with Gasteiger partial charge in [0.15, 0.2) is 0 Å². The summed E-state index contributed by atoms with van der Waals surface area (Å²) in [7, 11) is 0. The van der Waals surface area contributed by atoms with Crippen molar-refractivity contribution in [3.8, 4) is 0 Å². The van der Waals surface area contributed by atoms with Crippen molar-refractivity contribution < 1.29 is 4.74 Å². The van der Waals surface area contributed by atoms with E-state index in [0.29, 0.717) is 5.92 Å². The van der Waals surface area contributed by atoms with Gasteiger partial charge in [-0.3, -0.25) is 0 Å². The van der Waals surface area contributed by atoms with Crippen LogP contribution in [0.4, 0.5) is 0 Å². The highest BCUT2D eigenvalue weighted by Crippen LogP contribution is 2.45. The van der Waals surface area contributed by atoms with Crippen LogP contribution in [0.5, 0.6) is 0 Å². The molecule has 5 aliphatic rings. The van der Waals surface area contributed by atoms with Gasteiger partial charge < -0.3 is 9.30 Å². The molecule has 0 radical (unpaired) electrons. The lowest BCUT2D eigenvalue weighted by molar-refractivity contribution is 0.0502. The van der Waals surface area contributed by atoms with E-state index in [1.54, 1.807) is 0 Å². The van der Waals surface area contributed by atoms with Gasteiger partial charge in [-0.2, -0.15) is 0 Å². The molecule has 0 aromatic carbocycles. The molecule has 4 aliphatic carbocycles. The van der Waals surface area contributed by atoms with Gasteiger partial charge in [-0.1, -0.05) is 66.8 Å². The molecule has 0 bridgehead atoms. The lowest BCUT2D eigenvalue weighted by Crippen LogP contribution is -2.28. The van der Waals surface area contributed by atoms with Crippen molar-refractivity contribution in [2.45, 2.75) is 43.9 Å². The van der Waals surface area contributed by atoms with Crippen LogP contribution in [0, 0.1) is 5.92 Å². The molecule has 1 aromatic rings. The van der Waals surface area contributed by atoms with Crippen LogP contribution in [0.2, 0.25) is 0 Å². The van der Waals surface area contributed by atoms with Gasteiger partial charge >= 0.3 is 0 Å². The second-order valence-corrected chi connectivity index (χ2v) is 7.83. The fraction of sp³-hybridized carbons (Fsp3) is 0.333. The van der Waals surface area contributed by atoms with Crippen LogP contribution < -0.4 is 0 Å². The maximum Gasteiger partial charge on any atom is 0.105 e. The van der Waals surface area contributed by atoms with E-state index < -0.39 is 0 Å². The molecule has 0 N–H and O–H groups in total. The first kappa shape index (κ1) is 14.8. The number of rotatable bonds is 1. The summed E-state index contributed by atoms with van der Waals surface area (Å²) in [6, 6.07) is 0.276. The molecule has 26 heavy (non-hydrogen) atoms. The molecule has 0 saturated carbocycles. The van der Waals surface area contributed by atoms with E-state index in [1.807, 2.05) is 0 Å². The van der Waals surface area contributed by atoms with E-state index in [-0.39, 0.29) is 18.2 Å². The van der Waals surface area contributed by atoms with Gasteiger partial charge in [0, 0.05) is 28.4 Å². The first-order valence-corrected chi connectivity index (χ1v) is 9.89. The Morgan fingerprint density at radius 1 is 0.846 bits per heavy atom. The summed E-state index contributed by atoms with van der Waals surface area (Å²) in [5.41, 5.74) is 7.34. The summed E-state index contributed by atoms with van der Waals surface area (Å²) in [6.07, 6.45) is 29.9. The Hall–Kier alpha value is -2.32. The van der Waals surface area contributed by atoms with E-state index >= 15 is 0 Å². The quantitative estimate of drug-likeness (QED) is 0.705. The van der Waals surface area contributed by atoms with Crippen LogP contribution in [-0.4, -0.2) is 16.8 Å². The Balaban J connectivity index is 1.50. The number of aromatic nitrogens is 1. The standard InChI is InChI=1S/C24H23NO/c1-4-12-20-16(8-1)17-9-2-5-13-21(17)25(20)22-14-7-11-19-18-10-3-6-15-23(18)26-24(19)22/h1-3,6-11,14-15,18,22-24H,4-5,12-13H2. The van der Waals surface area contributed by atoms with E-state index in [4.69, 9.17) is 4.74 Å². The van der Waals surface area contributed by atoms with Gasteiger partial charge in [-0.25, -0.2) is 0 Å². The molecule has 4 atom stereocenters. The Bertz CT molecular complexity index is 910. The number of allylic oxidation sites excluding steroid dienone is 6. The van der Waals surface area contributed by atoms with Gasteiger partial charge in [0.2, 0.25) is 0 Å². The number of nitrogens with zero attached hydrogens (tertiary/aromatic N) is 1. The lowest BCUT2D eigenvalue weighted by Gasteiger charge is -2.30. The van der Waals surface area contributed by atoms with Gasteiger partial charge in [0.25, 0.3) is 0 Å². The van der Waals surface area contributed by atoms with E-state index in [2.05, 4.69) is 71.4 Å². The Kier molecular flexibility index (Phi) is 3.18. The van der Waals surface area contributed by atoms with Gasteiger partial charge in [0.1, 0.15) is 6.10 Å². The van der Waals surface area contributed by atoms with Gasteiger partial charge in [-0.05, 0) is 31.3 Å². The van der Waals surface area contributed by atoms with E-state index in [1.165, 1.54) is 28.1 Å². The summed E-state index contributed by atoms with van der Waals surface area (Å²) < 4.78 is 9.21. The average Bonchev–Trinajstić information content (AvgIpc) is 3.24. The maximum atomic E-state index is 6.57. The molecule has 4 unspecified atom stereocenters. The van der Waals surface area contributed by atoms with Crippen molar-refractivity contribution in [2.75, 3.05) is 0 Å². The SMILES string of the molecule is C1=CC2OC3C(=CC=CC3n3c4c(c5c3CCC=C5)C=CCC4)C2C=C1. The molecular formula is C24H23NO. The predicted molar refractivity (Wildman–Crippen MR) is 106 cm³/mol. The van der Waals surface area contributed by atoms with Crippen molar-refractivity contribution >= 4 is 12.2 Å². The molecule has 0 spiro atoms. The highest BCUT2D eigenvalue weighted by molar-refractivity contribution is 5.72. The largest absolute Gasteiger partial charge is 0.363 e. The van der Waals surface area contributed by atoms with Crippen molar-refractivity contribution in [1.29, 1.82) is 0 Å². The number of fused-ring (bicyclic) bond motifs is 6. The summed E-state index contributed by atoms with van der Waals surface area (Å²) >= 11 is 0. The van der Waals surface area contributed by atoms with Crippen LogP contribution in [0.15, 0.2) is 60.3 Å².